The molecule has 0 spiro atoms. The van der Waals surface area contributed by atoms with Crippen LogP contribution in [0.3, 0.4) is 0 Å². The highest BCUT2D eigenvalue weighted by Crippen LogP contribution is 2.12. The van der Waals surface area contributed by atoms with E-state index in [9.17, 15) is 14.4 Å². The van der Waals surface area contributed by atoms with Gasteiger partial charge in [-0.2, -0.15) is 0 Å². The van der Waals surface area contributed by atoms with Crippen molar-refractivity contribution < 1.29 is 28.6 Å². The van der Waals surface area contributed by atoms with Crippen LogP contribution < -0.4 is 0 Å². The van der Waals surface area contributed by atoms with Crippen LogP contribution in [-0.4, -0.2) is 37.2 Å². The second kappa shape index (κ2) is 67.5. The minimum atomic E-state index is -0.836. The lowest BCUT2D eigenvalue weighted by Gasteiger charge is -2.18. The Morgan fingerprint density at radius 1 is 0.256 bits per heavy atom. The molecule has 0 rings (SSSR count). The van der Waals surface area contributed by atoms with E-state index in [0.717, 1.165) is 167 Å². The fourth-order valence-corrected chi connectivity index (χ4v) is 7.77. The Kier molecular flexibility index (Phi) is 62.5. The van der Waals surface area contributed by atoms with Crippen LogP contribution in [0.2, 0.25) is 0 Å². The van der Waals surface area contributed by atoms with Crippen LogP contribution in [0.5, 0.6) is 0 Å². The van der Waals surface area contributed by atoms with Crippen LogP contribution in [0.15, 0.2) is 207 Å². The number of ether oxygens (including phenoxy) is 3. The lowest BCUT2D eigenvalue weighted by Crippen LogP contribution is -2.30. The fourth-order valence-electron chi connectivity index (χ4n) is 7.77. The number of hydrogen-bond donors (Lipinski definition) is 0. The molecule has 0 aliphatic heterocycles. The van der Waals surface area contributed by atoms with E-state index in [1.54, 1.807) is 0 Å². The van der Waals surface area contributed by atoms with Gasteiger partial charge in [0, 0.05) is 19.3 Å². The van der Waals surface area contributed by atoms with Crippen LogP contribution in [0.1, 0.15) is 233 Å². The maximum Gasteiger partial charge on any atom is 0.306 e. The molecule has 6 nitrogen and oxygen atoms in total. The highest BCUT2D eigenvalue weighted by atomic mass is 16.6. The molecule has 0 saturated carbocycles. The average molecular weight is 1120 g/mol. The van der Waals surface area contributed by atoms with Crippen molar-refractivity contribution in [2.24, 2.45) is 0 Å². The molecule has 0 aromatic heterocycles. The number of allylic oxidation sites excluding steroid dienone is 34. The van der Waals surface area contributed by atoms with Crippen LogP contribution in [0.4, 0.5) is 0 Å². The van der Waals surface area contributed by atoms with Crippen molar-refractivity contribution in [3.63, 3.8) is 0 Å². The summed E-state index contributed by atoms with van der Waals surface area (Å²) in [6.07, 6.45) is 104. The first-order chi connectivity index (χ1) is 40.5. The smallest absolute Gasteiger partial charge is 0.306 e. The van der Waals surface area contributed by atoms with E-state index in [0.29, 0.717) is 19.3 Å². The van der Waals surface area contributed by atoms with Crippen LogP contribution in [0, 0.1) is 0 Å². The summed E-state index contributed by atoms with van der Waals surface area (Å²) in [5.74, 6) is -1.04. The van der Waals surface area contributed by atoms with Gasteiger partial charge in [-0.25, -0.2) is 0 Å². The van der Waals surface area contributed by atoms with Crippen molar-refractivity contribution in [2.75, 3.05) is 13.2 Å². The van der Waals surface area contributed by atoms with E-state index in [1.807, 2.05) is 0 Å². The number of carbonyl (C=O) groups excluding carboxylic acids is 3. The molecule has 0 heterocycles. The minimum absolute atomic E-state index is 0.125. The first kappa shape index (κ1) is 76.0. The Labute approximate surface area is 502 Å². The van der Waals surface area contributed by atoms with Gasteiger partial charge in [0.1, 0.15) is 13.2 Å². The molecular formula is C76H114O6. The summed E-state index contributed by atoms with van der Waals surface area (Å²) in [5.41, 5.74) is 0. The Hall–Kier alpha value is -6.01. The van der Waals surface area contributed by atoms with Gasteiger partial charge in [-0.05, 0) is 167 Å². The highest BCUT2D eigenvalue weighted by Gasteiger charge is 2.19. The third kappa shape index (κ3) is 64.8. The Balaban J connectivity index is 4.44. The van der Waals surface area contributed by atoms with Crippen LogP contribution in [0.25, 0.3) is 0 Å². The standard InChI is InChI=1S/C76H114O6/c1-4-7-10-13-16-19-22-24-26-28-30-32-33-34-35-36-37-38-39-40-41-42-43-45-46-48-50-52-54-57-60-63-66-69-75(78)81-72-73(71-80-74(77)68-65-62-59-56-21-18-15-12-9-6-3)82-76(79)70-67-64-61-58-55-53-51-49-47-44-31-29-27-25-23-20-17-14-11-8-5-2/h7-8,10-12,15-17,19-20,24-27,30-32,34-35,37-38,40-41,43-45,48-51,54-55,57-58,73H,4-6,9,13-14,18,21-23,28-29,33,36,39,42,46-47,52-53,56,59-72H2,1-3H3/b10-7-,11-8-,15-12-,19-16-,20-17-,26-24-,27-25-,32-30-,35-34-,38-37-,41-40-,44-31-,45-43-,50-48-,51-49-,57-54-,58-55-. The van der Waals surface area contributed by atoms with Crippen LogP contribution in [-0.2, 0) is 28.6 Å². The molecule has 0 radical (unpaired) electrons. The van der Waals surface area contributed by atoms with E-state index >= 15 is 0 Å². The van der Waals surface area contributed by atoms with E-state index in [2.05, 4.69) is 227 Å². The summed E-state index contributed by atoms with van der Waals surface area (Å²) >= 11 is 0. The molecule has 0 aliphatic rings. The molecule has 0 saturated heterocycles. The summed E-state index contributed by atoms with van der Waals surface area (Å²) in [7, 11) is 0. The molecule has 454 valence electrons. The second-order valence-electron chi connectivity index (χ2n) is 20.2. The SMILES string of the molecule is CC/C=C\C/C=C\C/C=C\C/C=C\C/C=C\C/C=C\C/C=C\C/C=C\C/C=C\C/C=C\CCCCC(=O)OCC(COC(=O)CCCCCCC/C=C\CCC)OC(=O)CCCC/C=C\C/C=C\C/C=C\C/C=C\C/C=C\C/C=C\CC. The molecule has 1 unspecified atom stereocenters. The van der Waals surface area contributed by atoms with Crippen molar-refractivity contribution in [2.45, 2.75) is 239 Å². The molecule has 0 aromatic carbocycles. The number of esters is 3. The van der Waals surface area contributed by atoms with Gasteiger partial charge in [0.25, 0.3) is 0 Å². The summed E-state index contributed by atoms with van der Waals surface area (Å²) < 4.78 is 16.8. The summed E-state index contributed by atoms with van der Waals surface area (Å²) in [5, 5.41) is 0. The first-order valence-corrected chi connectivity index (χ1v) is 32.1. The maximum atomic E-state index is 12.9. The number of carbonyl (C=O) groups is 3. The molecule has 0 N–H and O–H groups in total. The summed E-state index contributed by atoms with van der Waals surface area (Å²) in [6.45, 7) is 6.24. The lowest BCUT2D eigenvalue weighted by atomic mass is 10.1. The van der Waals surface area contributed by atoms with Crippen molar-refractivity contribution in [1.82, 2.24) is 0 Å². The van der Waals surface area contributed by atoms with Gasteiger partial charge in [-0.1, -0.05) is 253 Å². The molecule has 6 heteroatoms. The van der Waals surface area contributed by atoms with Gasteiger partial charge in [0.05, 0.1) is 0 Å². The van der Waals surface area contributed by atoms with Crippen LogP contribution >= 0.6 is 0 Å². The van der Waals surface area contributed by atoms with E-state index in [4.69, 9.17) is 14.2 Å². The summed E-state index contributed by atoms with van der Waals surface area (Å²) in [6, 6.07) is 0. The third-order valence-corrected chi connectivity index (χ3v) is 12.5. The predicted octanol–water partition coefficient (Wildman–Crippen LogP) is 22.4. The third-order valence-electron chi connectivity index (χ3n) is 12.5. The van der Waals surface area contributed by atoms with E-state index in [1.165, 1.54) is 12.8 Å². The number of hydrogen-bond acceptors (Lipinski definition) is 6. The zero-order chi connectivity index (χ0) is 59.2. The quantitative estimate of drug-likeness (QED) is 0.0261. The molecule has 0 fully saturated rings. The van der Waals surface area contributed by atoms with Gasteiger partial charge in [-0.15, -0.1) is 0 Å². The van der Waals surface area contributed by atoms with Gasteiger partial charge < -0.3 is 14.2 Å². The minimum Gasteiger partial charge on any atom is -0.462 e. The molecule has 1 atom stereocenters. The van der Waals surface area contributed by atoms with Crippen molar-refractivity contribution in [3.05, 3.63) is 207 Å². The monoisotopic (exact) mass is 1120 g/mol. The zero-order valence-corrected chi connectivity index (χ0v) is 51.9. The van der Waals surface area contributed by atoms with E-state index in [-0.39, 0.29) is 44.0 Å². The fraction of sp³-hybridized carbons (Fsp3) is 0.513. The topological polar surface area (TPSA) is 78.9 Å². The van der Waals surface area contributed by atoms with Gasteiger partial charge >= 0.3 is 17.9 Å². The molecule has 82 heavy (non-hydrogen) atoms. The second-order valence-corrected chi connectivity index (χ2v) is 20.2. The molecule has 0 bridgehead atoms. The Morgan fingerprint density at radius 2 is 0.476 bits per heavy atom. The van der Waals surface area contributed by atoms with Crippen molar-refractivity contribution in [1.29, 1.82) is 0 Å². The largest absolute Gasteiger partial charge is 0.462 e. The zero-order valence-electron chi connectivity index (χ0n) is 51.9. The number of unbranched alkanes of at least 4 members (excludes halogenated alkanes) is 10. The molecular weight excluding hydrogens is 1010 g/mol. The van der Waals surface area contributed by atoms with E-state index < -0.39 is 6.10 Å². The highest BCUT2D eigenvalue weighted by molar-refractivity contribution is 5.71. The van der Waals surface area contributed by atoms with Crippen molar-refractivity contribution in [3.8, 4) is 0 Å². The maximum absolute atomic E-state index is 12.9. The lowest BCUT2D eigenvalue weighted by molar-refractivity contribution is -0.167. The summed E-state index contributed by atoms with van der Waals surface area (Å²) in [4.78, 5) is 38.2. The van der Waals surface area contributed by atoms with Gasteiger partial charge in [-0.3, -0.25) is 14.4 Å². The number of rotatable bonds is 55. The molecule has 0 aromatic rings. The molecule has 0 amide bonds. The average Bonchev–Trinajstić information content (AvgIpc) is 3.48. The Morgan fingerprint density at radius 3 is 0.780 bits per heavy atom. The first-order valence-electron chi connectivity index (χ1n) is 32.1. The Bertz CT molecular complexity index is 2020. The normalized spacial score (nSPS) is 13.5. The van der Waals surface area contributed by atoms with Crippen molar-refractivity contribution >= 4 is 17.9 Å². The molecule has 0 aliphatic carbocycles. The van der Waals surface area contributed by atoms with Gasteiger partial charge in [0.2, 0.25) is 0 Å². The predicted molar refractivity (Wildman–Crippen MR) is 357 cm³/mol. The van der Waals surface area contributed by atoms with Gasteiger partial charge in [0.15, 0.2) is 6.10 Å².